The molecule has 0 saturated carbocycles. The molecule has 1 aromatic heterocycles. The summed E-state index contributed by atoms with van der Waals surface area (Å²) in [6.07, 6.45) is 0. The van der Waals surface area contributed by atoms with Crippen LogP contribution < -0.4 is 0 Å². The molecule has 2 rings (SSSR count). The number of rotatable bonds is 2. The highest BCUT2D eigenvalue weighted by Crippen LogP contribution is 2.40. The molecule has 0 amide bonds. The molecule has 0 fully saturated rings. The molecule has 1 atom stereocenters. The fourth-order valence-electron chi connectivity index (χ4n) is 1.60. The average molecular weight is 275 g/mol. The Morgan fingerprint density at radius 1 is 1.59 bits per heavy atom. The van der Waals surface area contributed by atoms with E-state index in [0.717, 1.165) is 17.4 Å². The van der Waals surface area contributed by atoms with Crippen LogP contribution in [0.25, 0.3) is 10.1 Å². The van der Waals surface area contributed by atoms with Gasteiger partial charge in [0.15, 0.2) is 11.6 Å². The van der Waals surface area contributed by atoms with Crippen molar-refractivity contribution >= 4 is 39.0 Å². The van der Waals surface area contributed by atoms with Crippen molar-refractivity contribution in [1.29, 1.82) is 0 Å². The van der Waals surface area contributed by atoms with Crippen molar-refractivity contribution < 1.29 is 19.4 Å². The fourth-order valence-corrected chi connectivity index (χ4v) is 3.09. The summed E-state index contributed by atoms with van der Waals surface area (Å²) in [6, 6.07) is 1.09. The third-order valence-electron chi connectivity index (χ3n) is 2.58. The van der Waals surface area contributed by atoms with Crippen LogP contribution in [-0.4, -0.2) is 16.2 Å². The van der Waals surface area contributed by atoms with E-state index in [9.17, 15) is 14.3 Å². The van der Waals surface area contributed by atoms with Gasteiger partial charge in [0.05, 0.1) is 15.6 Å². The van der Waals surface area contributed by atoms with E-state index in [0.29, 0.717) is 10.9 Å². The van der Waals surface area contributed by atoms with Gasteiger partial charge in [-0.15, -0.1) is 11.3 Å². The third kappa shape index (κ3) is 1.85. The van der Waals surface area contributed by atoms with Crippen molar-refractivity contribution in [3.8, 4) is 5.75 Å². The number of hydrogen-bond donors (Lipinski definition) is 2. The van der Waals surface area contributed by atoms with E-state index in [1.165, 1.54) is 6.92 Å². The SMILES string of the molecule is CC(C(=O)O)c1csc2c(F)c(O)cc(Cl)c12. The Morgan fingerprint density at radius 3 is 2.82 bits per heavy atom. The quantitative estimate of drug-likeness (QED) is 0.880. The molecule has 1 heterocycles. The van der Waals surface area contributed by atoms with Gasteiger partial charge in [-0.05, 0) is 17.9 Å². The standard InChI is InChI=1S/C11H8ClFO3S/c1-4(11(15)16)5-3-17-10-8(5)6(12)2-7(14)9(10)13/h2-4,14H,1H3,(H,15,16). The summed E-state index contributed by atoms with van der Waals surface area (Å²) in [7, 11) is 0. The van der Waals surface area contributed by atoms with Crippen LogP contribution >= 0.6 is 22.9 Å². The highest BCUT2D eigenvalue weighted by atomic mass is 35.5. The summed E-state index contributed by atoms with van der Waals surface area (Å²) < 4.78 is 13.8. The first-order valence-electron chi connectivity index (χ1n) is 4.74. The van der Waals surface area contributed by atoms with Crippen molar-refractivity contribution in [2.24, 2.45) is 0 Å². The van der Waals surface area contributed by atoms with Gasteiger partial charge >= 0.3 is 5.97 Å². The average Bonchev–Trinajstić information content (AvgIpc) is 2.69. The van der Waals surface area contributed by atoms with Gasteiger partial charge < -0.3 is 10.2 Å². The Labute approximate surface area is 105 Å². The van der Waals surface area contributed by atoms with Gasteiger partial charge in [0.2, 0.25) is 0 Å². The van der Waals surface area contributed by atoms with Gasteiger partial charge in [0.25, 0.3) is 0 Å². The largest absolute Gasteiger partial charge is 0.505 e. The predicted octanol–water partition coefficient (Wildman–Crippen LogP) is 3.59. The molecule has 3 nitrogen and oxygen atoms in total. The zero-order valence-corrected chi connectivity index (χ0v) is 10.3. The molecule has 0 bridgehead atoms. The van der Waals surface area contributed by atoms with Crippen molar-refractivity contribution in [2.75, 3.05) is 0 Å². The van der Waals surface area contributed by atoms with E-state index in [4.69, 9.17) is 16.7 Å². The predicted molar refractivity (Wildman–Crippen MR) is 64.5 cm³/mol. The third-order valence-corrected chi connectivity index (χ3v) is 3.87. The molecule has 2 aromatic rings. The van der Waals surface area contributed by atoms with Gasteiger partial charge in [-0.1, -0.05) is 11.6 Å². The fraction of sp³-hybridized carbons (Fsp3) is 0.182. The molecule has 1 unspecified atom stereocenters. The Bertz CT molecular complexity index is 608. The van der Waals surface area contributed by atoms with Crippen LogP contribution in [-0.2, 0) is 4.79 Å². The van der Waals surface area contributed by atoms with E-state index in [1.54, 1.807) is 5.38 Å². The van der Waals surface area contributed by atoms with Gasteiger partial charge in [0.1, 0.15) is 0 Å². The van der Waals surface area contributed by atoms with Crippen molar-refractivity contribution in [3.63, 3.8) is 0 Å². The van der Waals surface area contributed by atoms with Crippen LogP contribution in [0, 0.1) is 5.82 Å². The van der Waals surface area contributed by atoms with E-state index in [2.05, 4.69) is 0 Å². The number of phenols is 1. The van der Waals surface area contributed by atoms with Crippen LogP contribution in [0.15, 0.2) is 11.4 Å². The number of carboxylic acids is 1. The topological polar surface area (TPSA) is 57.5 Å². The van der Waals surface area contributed by atoms with Crippen LogP contribution in [0.5, 0.6) is 5.75 Å². The molecule has 0 aliphatic carbocycles. The molecule has 1 aromatic carbocycles. The number of carboxylic acid groups (broad SMARTS) is 1. The van der Waals surface area contributed by atoms with Gasteiger partial charge in [-0.25, -0.2) is 4.39 Å². The van der Waals surface area contributed by atoms with Crippen molar-refractivity contribution in [2.45, 2.75) is 12.8 Å². The summed E-state index contributed by atoms with van der Waals surface area (Å²) in [5.74, 6) is -3.07. The number of phenolic OH excluding ortho intramolecular Hbond substituents is 1. The van der Waals surface area contributed by atoms with Gasteiger partial charge in [-0.2, -0.15) is 0 Å². The van der Waals surface area contributed by atoms with Crippen molar-refractivity contribution in [1.82, 2.24) is 0 Å². The maximum atomic E-state index is 13.6. The molecular formula is C11H8ClFO3S. The smallest absolute Gasteiger partial charge is 0.310 e. The normalized spacial score (nSPS) is 12.9. The van der Waals surface area contributed by atoms with Crippen LogP contribution in [0.2, 0.25) is 5.02 Å². The summed E-state index contributed by atoms with van der Waals surface area (Å²) in [6.45, 7) is 1.50. The second-order valence-corrected chi connectivity index (χ2v) is 4.93. The monoisotopic (exact) mass is 274 g/mol. The zero-order chi connectivity index (χ0) is 12.7. The van der Waals surface area contributed by atoms with Gasteiger partial charge in [0, 0.05) is 11.5 Å². The molecule has 17 heavy (non-hydrogen) atoms. The Kier molecular flexibility index (Phi) is 2.97. The number of aliphatic carboxylic acids is 1. The molecule has 0 radical (unpaired) electrons. The first kappa shape index (κ1) is 12.1. The second-order valence-electron chi connectivity index (χ2n) is 3.65. The number of fused-ring (bicyclic) bond motifs is 1. The molecule has 90 valence electrons. The van der Waals surface area contributed by atoms with Gasteiger partial charge in [-0.3, -0.25) is 4.79 Å². The van der Waals surface area contributed by atoms with Crippen LogP contribution in [0.4, 0.5) is 4.39 Å². The molecule has 0 spiro atoms. The lowest BCUT2D eigenvalue weighted by molar-refractivity contribution is -0.138. The number of benzene rings is 1. The highest BCUT2D eigenvalue weighted by molar-refractivity contribution is 7.17. The van der Waals surface area contributed by atoms with E-state index in [-0.39, 0.29) is 9.72 Å². The number of halogens is 2. The lowest BCUT2D eigenvalue weighted by Gasteiger charge is -2.06. The summed E-state index contributed by atoms with van der Waals surface area (Å²) >= 11 is 6.95. The van der Waals surface area contributed by atoms with E-state index < -0.39 is 23.5 Å². The minimum absolute atomic E-state index is 0.156. The molecule has 0 saturated heterocycles. The molecule has 6 heteroatoms. The van der Waals surface area contributed by atoms with Crippen LogP contribution in [0.3, 0.4) is 0 Å². The lowest BCUT2D eigenvalue weighted by Crippen LogP contribution is -2.06. The minimum Gasteiger partial charge on any atom is -0.505 e. The van der Waals surface area contributed by atoms with Crippen molar-refractivity contribution in [3.05, 3.63) is 27.8 Å². The Balaban J connectivity index is 2.77. The molecule has 0 aliphatic rings. The lowest BCUT2D eigenvalue weighted by atomic mass is 10.0. The maximum Gasteiger partial charge on any atom is 0.310 e. The van der Waals surface area contributed by atoms with Crippen LogP contribution in [0.1, 0.15) is 18.4 Å². The molecule has 0 aliphatic heterocycles. The number of thiophene rings is 1. The Morgan fingerprint density at radius 2 is 2.24 bits per heavy atom. The Hall–Kier alpha value is -1.33. The maximum absolute atomic E-state index is 13.6. The molecule has 2 N–H and O–H groups in total. The molecular weight excluding hydrogens is 267 g/mol. The zero-order valence-electron chi connectivity index (χ0n) is 8.70. The minimum atomic E-state index is -1.01. The van der Waals surface area contributed by atoms with E-state index in [1.807, 2.05) is 0 Å². The highest BCUT2D eigenvalue weighted by Gasteiger charge is 2.22. The first-order chi connectivity index (χ1) is 7.93. The number of carbonyl (C=O) groups is 1. The summed E-state index contributed by atoms with van der Waals surface area (Å²) in [5, 5.41) is 20.3. The van der Waals surface area contributed by atoms with E-state index >= 15 is 0 Å². The summed E-state index contributed by atoms with van der Waals surface area (Å²) in [4.78, 5) is 10.9. The first-order valence-corrected chi connectivity index (χ1v) is 6.00. The summed E-state index contributed by atoms with van der Waals surface area (Å²) in [5.41, 5.74) is 0.460. The second kappa shape index (κ2) is 4.16. The number of aromatic hydroxyl groups is 1. The number of hydrogen-bond acceptors (Lipinski definition) is 3.